The number of hydrogen-bond donors (Lipinski definition) is 0. The maximum absolute atomic E-state index is 13.1. The number of rotatable bonds is 4. The Morgan fingerprint density at radius 3 is 2.94 bits per heavy atom. The summed E-state index contributed by atoms with van der Waals surface area (Å²) in [5.41, 5.74) is 0.260. The fourth-order valence-electron chi connectivity index (χ4n) is 1.86. The van der Waals surface area contributed by atoms with Crippen molar-refractivity contribution in [2.45, 2.75) is 32.3 Å². The number of halogens is 1. The third-order valence-corrected chi connectivity index (χ3v) is 3.93. The van der Waals surface area contributed by atoms with E-state index in [0.29, 0.717) is 6.42 Å². The molecule has 0 N–H and O–H groups in total. The third-order valence-electron chi connectivity index (χ3n) is 2.89. The highest BCUT2D eigenvalue weighted by atomic mass is 32.2. The van der Waals surface area contributed by atoms with E-state index in [0.717, 1.165) is 30.5 Å². The minimum atomic E-state index is -0.502. The summed E-state index contributed by atoms with van der Waals surface area (Å²) >= 11 is 1.90. The molecule has 0 saturated carbocycles. The standard InChI is InChI=1S/C13H16FNO2S/c1-2-12(16)11-7-9(14)8-15-13(11)17-10-3-5-18-6-4-10/h7-8,10H,2-6H2,1H3. The molecule has 0 unspecified atom stereocenters. The van der Waals surface area contributed by atoms with Gasteiger partial charge in [0, 0.05) is 6.42 Å². The number of aromatic nitrogens is 1. The van der Waals surface area contributed by atoms with Gasteiger partial charge in [-0.25, -0.2) is 9.37 Å². The molecule has 98 valence electrons. The molecule has 0 amide bonds. The average Bonchev–Trinajstić information content (AvgIpc) is 2.41. The number of carbonyl (C=O) groups is 1. The molecule has 18 heavy (non-hydrogen) atoms. The van der Waals surface area contributed by atoms with Gasteiger partial charge < -0.3 is 4.74 Å². The minimum absolute atomic E-state index is 0.0904. The Hall–Kier alpha value is -1.10. The lowest BCUT2D eigenvalue weighted by atomic mass is 10.1. The van der Waals surface area contributed by atoms with Crippen LogP contribution in [0.15, 0.2) is 12.3 Å². The maximum atomic E-state index is 13.1. The Kier molecular flexibility index (Phi) is 4.58. The highest BCUT2D eigenvalue weighted by Gasteiger charge is 2.20. The predicted molar refractivity (Wildman–Crippen MR) is 69.8 cm³/mol. The average molecular weight is 269 g/mol. The maximum Gasteiger partial charge on any atom is 0.224 e. The van der Waals surface area contributed by atoms with E-state index in [1.165, 1.54) is 6.07 Å². The van der Waals surface area contributed by atoms with E-state index in [4.69, 9.17) is 4.74 Å². The van der Waals surface area contributed by atoms with E-state index < -0.39 is 5.82 Å². The van der Waals surface area contributed by atoms with Crippen LogP contribution in [-0.2, 0) is 0 Å². The van der Waals surface area contributed by atoms with Crippen LogP contribution in [0.25, 0.3) is 0 Å². The van der Waals surface area contributed by atoms with Gasteiger partial charge in [-0.3, -0.25) is 4.79 Å². The Morgan fingerprint density at radius 2 is 2.28 bits per heavy atom. The Balaban J connectivity index is 2.17. The monoisotopic (exact) mass is 269 g/mol. The van der Waals surface area contributed by atoms with Gasteiger partial charge in [0.15, 0.2) is 5.78 Å². The van der Waals surface area contributed by atoms with Crippen LogP contribution in [0.5, 0.6) is 5.88 Å². The van der Waals surface area contributed by atoms with Crippen molar-refractivity contribution in [1.82, 2.24) is 4.98 Å². The largest absolute Gasteiger partial charge is 0.474 e. The normalized spacial score (nSPS) is 16.6. The first-order valence-electron chi connectivity index (χ1n) is 6.14. The molecule has 1 aliphatic rings. The summed E-state index contributed by atoms with van der Waals surface area (Å²) in [7, 11) is 0. The van der Waals surface area contributed by atoms with Crippen molar-refractivity contribution in [2.24, 2.45) is 0 Å². The van der Waals surface area contributed by atoms with Crippen molar-refractivity contribution in [3.8, 4) is 5.88 Å². The molecule has 2 heterocycles. The first-order valence-corrected chi connectivity index (χ1v) is 7.29. The Labute approximate surface area is 110 Å². The van der Waals surface area contributed by atoms with Crippen molar-refractivity contribution in [3.05, 3.63) is 23.6 Å². The highest BCUT2D eigenvalue weighted by Crippen LogP contribution is 2.25. The van der Waals surface area contributed by atoms with Crippen molar-refractivity contribution in [1.29, 1.82) is 0 Å². The molecule has 0 aromatic carbocycles. The number of pyridine rings is 1. The van der Waals surface area contributed by atoms with Crippen molar-refractivity contribution < 1.29 is 13.9 Å². The van der Waals surface area contributed by atoms with Crippen LogP contribution in [-0.4, -0.2) is 28.4 Å². The van der Waals surface area contributed by atoms with Crippen LogP contribution in [0, 0.1) is 5.82 Å². The van der Waals surface area contributed by atoms with Crippen LogP contribution in [0.2, 0.25) is 0 Å². The first kappa shape index (κ1) is 13.3. The van der Waals surface area contributed by atoms with E-state index in [2.05, 4.69) is 4.98 Å². The summed E-state index contributed by atoms with van der Waals surface area (Å²) < 4.78 is 18.9. The van der Waals surface area contributed by atoms with Crippen molar-refractivity contribution >= 4 is 17.5 Å². The van der Waals surface area contributed by atoms with Gasteiger partial charge in [0.25, 0.3) is 0 Å². The fraction of sp³-hybridized carbons (Fsp3) is 0.538. The molecule has 0 spiro atoms. The number of Topliss-reactive ketones (excluding diaryl/α,β-unsaturated/α-hetero) is 1. The molecule has 0 bridgehead atoms. The third kappa shape index (κ3) is 3.22. The van der Waals surface area contributed by atoms with E-state index in [9.17, 15) is 9.18 Å². The first-order chi connectivity index (χ1) is 8.70. The van der Waals surface area contributed by atoms with E-state index in [1.54, 1.807) is 6.92 Å². The summed E-state index contributed by atoms with van der Waals surface area (Å²) in [4.78, 5) is 15.7. The van der Waals surface area contributed by atoms with Crippen LogP contribution in [0.4, 0.5) is 4.39 Å². The second kappa shape index (κ2) is 6.18. The quantitative estimate of drug-likeness (QED) is 0.787. The number of carbonyl (C=O) groups excluding carboxylic acids is 1. The summed E-state index contributed by atoms with van der Waals surface area (Å²) in [6, 6.07) is 1.21. The molecule has 3 nitrogen and oxygen atoms in total. The molecule has 1 aromatic heterocycles. The van der Waals surface area contributed by atoms with Crippen LogP contribution in [0.3, 0.4) is 0 Å². The molecule has 0 radical (unpaired) electrons. The lowest BCUT2D eigenvalue weighted by molar-refractivity contribution is 0.0977. The molecule has 2 rings (SSSR count). The molecular formula is C13H16FNO2S. The number of hydrogen-bond acceptors (Lipinski definition) is 4. The van der Waals surface area contributed by atoms with Crippen LogP contribution >= 0.6 is 11.8 Å². The summed E-state index contributed by atoms with van der Waals surface area (Å²) in [6.45, 7) is 1.74. The molecular weight excluding hydrogens is 253 g/mol. The Bertz CT molecular complexity index is 433. The van der Waals surface area contributed by atoms with E-state index >= 15 is 0 Å². The van der Waals surface area contributed by atoms with Gasteiger partial charge in [-0.2, -0.15) is 11.8 Å². The topological polar surface area (TPSA) is 39.2 Å². The van der Waals surface area contributed by atoms with Crippen LogP contribution in [0.1, 0.15) is 36.5 Å². The smallest absolute Gasteiger partial charge is 0.224 e. The zero-order valence-electron chi connectivity index (χ0n) is 10.3. The summed E-state index contributed by atoms with van der Waals surface area (Å²) in [5.74, 6) is 1.76. The molecule has 1 aliphatic heterocycles. The molecule has 1 fully saturated rings. The molecule has 5 heteroatoms. The van der Waals surface area contributed by atoms with Crippen molar-refractivity contribution in [3.63, 3.8) is 0 Å². The number of nitrogens with zero attached hydrogens (tertiary/aromatic N) is 1. The highest BCUT2D eigenvalue weighted by molar-refractivity contribution is 7.99. The molecule has 1 saturated heterocycles. The fourth-order valence-corrected chi connectivity index (χ4v) is 2.93. The summed E-state index contributed by atoms with van der Waals surface area (Å²) in [6.07, 6.45) is 3.40. The number of thioether (sulfide) groups is 1. The van der Waals surface area contributed by atoms with E-state index in [-0.39, 0.29) is 23.3 Å². The van der Waals surface area contributed by atoms with Gasteiger partial charge in [0.05, 0.1) is 11.8 Å². The second-order valence-electron chi connectivity index (χ2n) is 4.21. The number of ketones is 1. The second-order valence-corrected chi connectivity index (χ2v) is 5.44. The Morgan fingerprint density at radius 1 is 1.56 bits per heavy atom. The van der Waals surface area contributed by atoms with Gasteiger partial charge in [-0.05, 0) is 30.4 Å². The van der Waals surface area contributed by atoms with Crippen LogP contribution < -0.4 is 4.74 Å². The van der Waals surface area contributed by atoms with Gasteiger partial charge in [0.1, 0.15) is 11.9 Å². The van der Waals surface area contributed by atoms with Gasteiger partial charge in [-0.1, -0.05) is 6.92 Å². The number of ether oxygens (including phenoxy) is 1. The van der Waals surface area contributed by atoms with Gasteiger partial charge in [-0.15, -0.1) is 0 Å². The van der Waals surface area contributed by atoms with Gasteiger partial charge in [0.2, 0.25) is 5.88 Å². The lowest BCUT2D eigenvalue weighted by Crippen LogP contribution is -2.23. The minimum Gasteiger partial charge on any atom is -0.474 e. The molecule has 1 aromatic rings. The lowest BCUT2D eigenvalue weighted by Gasteiger charge is -2.23. The SMILES string of the molecule is CCC(=O)c1cc(F)cnc1OC1CCSCC1. The predicted octanol–water partition coefficient (Wildman–Crippen LogP) is 3.09. The van der Waals surface area contributed by atoms with Crippen molar-refractivity contribution in [2.75, 3.05) is 11.5 Å². The van der Waals surface area contributed by atoms with E-state index in [1.807, 2.05) is 11.8 Å². The molecule has 0 atom stereocenters. The zero-order valence-corrected chi connectivity index (χ0v) is 11.1. The summed E-state index contributed by atoms with van der Waals surface area (Å²) in [5, 5.41) is 0. The zero-order chi connectivity index (χ0) is 13.0. The van der Waals surface area contributed by atoms with Gasteiger partial charge >= 0.3 is 0 Å². The molecule has 0 aliphatic carbocycles.